The van der Waals surface area contributed by atoms with Gasteiger partial charge < -0.3 is 10.1 Å². The van der Waals surface area contributed by atoms with E-state index in [4.69, 9.17) is 9.72 Å². The molecule has 0 amide bonds. The number of benzene rings is 1. The number of imidazole rings is 1. The van der Waals surface area contributed by atoms with E-state index in [-0.39, 0.29) is 5.97 Å². The van der Waals surface area contributed by atoms with Crippen molar-refractivity contribution in [1.29, 1.82) is 0 Å². The number of aromatic nitrogens is 2. The molecule has 2 aromatic heterocycles. The summed E-state index contributed by atoms with van der Waals surface area (Å²) in [4.78, 5) is 18.8. The summed E-state index contributed by atoms with van der Waals surface area (Å²) in [7, 11) is 0. The first kappa shape index (κ1) is 20.4. The fourth-order valence-electron chi connectivity index (χ4n) is 3.99. The monoisotopic (exact) mass is 475 g/mol. The van der Waals surface area contributed by atoms with Gasteiger partial charge in [0.2, 0.25) is 0 Å². The topological polar surface area (TPSA) is 55.6 Å². The summed E-state index contributed by atoms with van der Waals surface area (Å²) in [6, 6.07) is 8.66. The van der Waals surface area contributed by atoms with E-state index in [1.807, 2.05) is 26.0 Å². The van der Waals surface area contributed by atoms with Gasteiger partial charge in [0, 0.05) is 21.8 Å². The second kappa shape index (κ2) is 8.88. The van der Waals surface area contributed by atoms with Crippen molar-refractivity contribution >= 4 is 44.0 Å². The molecule has 0 radical (unpaired) electrons. The Kier molecular flexibility index (Phi) is 6.25. The van der Waals surface area contributed by atoms with Gasteiger partial charge in [-0.25, -0.2) is 9.78 Å². The fraction of sp³-hybridized carbons (Fsp3) is 0.455. The molecule has 0 saturated heterocycles. The molecular weight excluding hydrogens is 450 g/mol. The Labute approximate surface area is 183 Å². The van der Waals surface area contributed by atoms with Gasteiger partial charge in [0.25, 0.3) is 0 Å². The molecule has 4 rings (SSSR count). The maximum absolute atomic E-state index is 12.4. The third-order valence-corrected chi connectivity index (χ3v) is 7.13. The van der Waals surface area contributed by atoms with Crippen molar-refractivity contribution in [3.05, 3.63) is 39.3 Å². The van der Waals surface area contributed by atoms with E-state index >= 15 is 0 Å². The number of rotatable bonds is 5. The second-order valence-corrected chi connectivity index (χ2v) is 9.40. The number of halogens is 1. The molecule has 3 aromatic rings. The van der Waals surface area contributed by atoms with Crippen LogP contribution in [0.4, 0.5) is 5.82 Å². The number of hydrogen-bond acceptors (Lipinski definition) is 5. The number of thiazole rings is 1. The molecular formula is C22H26BrN3O2S. The highest BCUT2D eigenvalue weighted by Crippen LogP contribution is 2.36. The number of carbonyl (C=O) groups is 1. The van der Waals surface area contributed by atoms with Gasteiger partial charge in [0.1, 0.15) is 16.4 Å². The van der Waals surface area contributed by atoms with E-state index in [1.165, 1.54) is 49.9 Å². The number of aryl methyl sites for hydroxylation is 1. The zero-order valence-corrected chi connectivity index (χ0v) is 19.2. The van der Waals surface area contributed by atoms with Crippen molar-refractivity contribution in [3.63, 3.8) is 0 Å². The van der Waals surface area contributed by atoms with Gasteiger partial charge >= 0.3 is 5.97 Å². The molecule has 1 aromatic carbocycles. The summed E-state index contributed by atoms with van der Waals surface area (Å²) >= 11 is 4.91. The van der Waals surface area contributed by atoms with Crippen molar-refractivity contribution in [3.8, 4) is 11.3 Å². The third-order valence-electron chi connectivity index (χ3n) is 5.48. The van der Waals surface area contributed by atoms with Crippen LogP contribution in [-0.2, 0) is 4.74 Å². The highest BCUT2D eigenvalue weighted by molar-refractivity contribution is 9.10. The van der Waals surface area contributed by atoms with E-state index in [0.717, 1.165) is 32.2 Å². The lowest BCUT2D eigenvalue weighted by atomic mass is 10.1. The lowest BCUT2D eigenvalue weighted by Crippen LogP contribution is -2.20. The van der Waals surface area contributed by atoms with Crippen LogP contribution in [0.1, 0.15) is 60.8 Å². The van der Waals surface area contributed by atoms with Gasteiger partial charge in [-0.05, 0) is 38.8 Å². The summed E-state index contributed by atoms with van der Waals surface area (Å²) in [5.74, 6) is 0.713. The molecule has 0 atom stereocenters. The Morgan fingerprint density at radius 3 is 2.59 bits per heavy atom. The Bertz CT molecular complexity index is 1000. The largest absolute Gasteiger partial charge is 0.462 e. The van der Waals surface area contributed by atoms with Crippen LogP contribution in [0.3, 0.4) is 0 Å². The molecule has 1 fully saturated rings. The van der Waals surface area contributed by atoms with E-state index in [1.54, 1.807) is 0 Å². The molecule has 2 heterocycles. The maximum Gasteiger partial charge on any atom is 0.350 e. The number of ether oxygens (including phenoxy) is 1. The number of nitrogens with one attached hydrogen (secondary N) is 1. The van der Waals surface area contributed by atoms with Crippen LogP contribution in [0, 0.1) is 6.92 Å². The molecule has 0 spiro atoms. The molecule has 154 valence electrons. The van der Waals surface area contributed by atoms with Gasteiger partial charge in [0.15, 0.2) is 4.96 Å². The molecule has 1 aliphatic carbocycles. The average molecular weight is 476 g/mol. The van der Waals surface area contributed by atoms with Gasteiger partial charge in [-0.3, -0.25) is 4.40 Å². The van der Waals surface area contributed by atoms with E-state index < -0.39 is 0 Å². The Morgan fingerprint density at radius 2 is 1.93 bits per heavy atom. The molecule has 0 bridgehead atoms. The average Bonchev–Trinajstić information content (AvgIpc) is 3.08. The quantitative estimate of drug-likeness (QED) is 0.340. The van der Waals surface area contributed by atoms with Crippen molar-refractivity contribution in [2.45, 2.75) is 58.4 Å². The van der Waals surface area contributed by atoms with Gasteiger partial charge in [-0.15, -0.1) is 0 Å². The van der Waals surface area contributed by atoms with Crippen LogP contribution in [0.25, 0.3) is 16.2 Å². The van der Waals surface area contributed by atoms with Crippen molar-refractivity contribution < 1.29 is 9.53 Å². The Hall–Kier alpha value is -1.86. The lowest BCUT2D eigenvalue weighted by Gasteiger charge is -2.18. The number of anilines is 1. The zero-order chi connectivity index (χ0) is 20.4. The predicted octanol–water partition coefficient (Wildman–Crippen LogP) is 6.45. The fourth-order valence-corrected chi connectivity index (χ4v) is 5.28. The van der Waals surface area contributed by atoms with Crippen LogP contribution in [-0.4, -0.2) is 28.0 Å². The molecule has 0 aliphatic heterocycles. The third kappa shape index (κ3) is 4.21. The molecule has 7 heteroatoms. The van der Waals surface area contributed by atoms with Crippen LogP contribution in [0.2, 0.25) is 0 Å². The predicted molar refractivity (Wildman–Crippen MR) is 122 cm³/mol. The summed E-state index contributed by atoms with van der Waals surface area (Å²) in [5, 5.41) is 3.79. The number of carbonyl (C=O) groups excluding carboxylic acids is 1. The number of esters is 1. The summed E-state index contributed by atoms with van der Waals surface area (Å²) in [6.07, 6.45) is 7.46. The standard InChI is InChI=1S/C22H26BrN3O2S/c1-3-28-21(27)19-14(2)26-20(24-17-8-6-4-5-7-9-17)18(25-22(26)29-19)15-10-12-16(23)13-11-15/h10-13,17,24H,3-9H2,1-2H3. The van der Waals surface area contributed by atoms with Gasteiger partial charge in [-0.1, -0.05) is 65.1 Å². The summed E-state index contributed by atoms with van der Waals surface area (Å²) < 4.78 is 8.39. The first-order chi connectivity index (χ1) is 14.1. The normalized spacial score (nSPS) is 15.4. The molecule has 1 saturated carbocycles. The number of hydrogen-bond donors (Lipinski definition) is 1. The highest BCUT2D eigenvalue weighted by atomic mass is 79.9. The van der Waals surface area contributed by atoms with Gasteiger partial charge in [-0.2, -0.15) is 0 Å². The Balaban J connectivity index is 1.81. The van der Waals surface area contributed by atoms with Crippen LogP contribution >= 0.6 is 27.3 Å². The molecule has 1 N–H and O–H groups in total. The smallest absolute Gasteiger partial charge is 0.350 e. The maximum atomic E-state index is 12.4. The molecule has 29 heavy (non-hydrogen) atoms. The number of fused-ring (bicyclic) bond motifs is 1. The molecule has 5 nitrogen and oxygen atoms in total. The van der Waals surface area contributed by atoms with Crippen LogP contribution in [0.15, 0.2) is 28.7 Å². The van der Waals surface area contributed by atoms with E-state index in [2.05, 4.69) is 37.8 Å². The first-order valence-electron chi connectivity index (χ1n) is 10.3. The van der Waals surface area contributed by atoms with Gasteiger partial charge in [0.05, 0.1) is 6.61 Å². The molecule has 0 unspecified atom stereocenters. The van der Waals surface area contributed by atoms with Crippen molar-refractivity contribution in [2.24, 2.45) is 0 Å². The van der Waals surface area contributed by atoms with Crippen molar-refractivity contribution in [1.82, 2.24) is 9.38 Å². The second-order valence-electron chi connectivity index (χ2n) is 7.50. The first-order valence-corrected chi connectivity index (χ1v) is 11.9. The SMILES string of the molecule is CCOC(=O)c1sc2nc(-c3ccc(Br)cc3)c(NC3CCCCCC3)n2c1C. The van der Waals surface area contributed by atoms with E-state index in [9.17, 15) is 4.79 Å². The summed E-state index contributed by atoms with van der Waals surface area (Å²) in [5.41, 5.74) is 2.89. The van der Waals surface area contributed by atoms with E-state index in [0.29, 0.717) is 17.5 Å². The number of nitrogens with zero attached hydrogens (tertiary/aromatic N) is 2. The van der Waals surface area contributed by atoms with Crippen molar-refractivity contribution in [2.75, 3.05) is 11.9 Å². The highest BCUT2D eigenvalue weighted by Gasteiger charge is 2.25. The zero-order valence-electron chi connectivity index (χ0n) is 16.8. The Morgan fingerprint density at radius 1 is 1.24 bits per heavy atom. The minimum atomic E-state index is -0.272. The van der Waals surface area contributed by atoms with Crippen LogP contribution < -0.4 is 5.32 Å². The lowest BCUT2D eigenvalue weighted by molar-refractivity contribution is 0.0531. The molecule has 1 aliphatic rings. The minimum absolute atomic E-state index is 0.272. The van der Waals surface area contributed by atoms with Crippen LogP contribution in [0.5, 0.6) is 0 Å². The minimum Gasteiger partial charge on any atom is -0.462 e. The summed E-state index contributed by atoms with van der Waals surface area (Å²) in [6.45, 7) is 4.17.